The Kier molecular flexibility index (Phi) is 7.79. The van der Waals surface area contributed by atoms with E-state index in [1.54, 1.807) is 37.3 Å². The fraction of sp³-hybridized carbons (Fsp3) is 0.500. The number of benzene rings is 1. The summed E-state index contributed by atoms with van der Waals surface area (Å²) in [4.78, 5) is 16.6. The molecular formula is C20H30N4O3S2. The molecule has 0 fully saturated rings. The third kappa shape index (κ3) is 8.12. The summed E-state index contributed by atoms with van der Waals surface area (Å²) in [5.74, 6) is -0.0659. The van der Waals surface area contributed by atoms with Gasteiger partial charge in [-0.2, -0.15) is 0 Å². The Morgan fingerprint density at radius 1 is 1.07 bits per heavy atom. The fourth-order valence-electron chi connectivity index (χ4n) is 2.52. The van der Waals surface area contributed by atoms with Gasteiger partial charge in [0.05, 0.1) is 23.0 Å². The van der Waals surface area contributed by atoms with Crippen LogP contribution in [0.4, 0.5) is 4.79 Å². The van der Waals surface area contributed by atoms with Gasteiger partial charge >= 0.3 is 6.03 Å². The van der Waals surface area contributed by atoms with Crippen LogP contribution in [0.5, 0.6) is 0 Å². The Morgan fingerprint density at radius 3 is 2.21 bits per heavy atom. The molecule has 29 heavy (non-hydrogen) atoms. The Hall–Kier alpha value is -1.97. The maximum atomic E-state index is 12.0. The molecule has 160 valence electrons. The van der Waals surface area contributed by atoms with E-state index >= 15 is 0 Å². The summed E-state index contributed by atoms with van der Waals surface area (Å²) in [5.41, 5.74) is 2.43. The zero-order chi connectivity index (χ0) is 21.7. The molecule has 0 aliphatic carbocycles. The molecule has 0 saturated heterocycles. The highest BCUT2D eigenvalue weighted by molar-refractivity contribution is 7.88. The van der Waals surface area contributed by atoms with Crippen LogP contribution in [-0.4, -0.2) is 25.5 Å². The fourth-order valence-corrected chi connectivity index (χ4v) is 4.86. The Labute approximate surface area is 177 Å². The molecule has 2 amide bonds. The van der Waals surface area contributed by atoms with E-state index in [0.29, 0.717) is 18.7 Å². The van der Waals surface area contributed by atoms with Gasteiger partial charge in [-0.3, -0.25) is 0 Å². The summed E-state index contributed by atoms with van der Waals surface area (Å²) in [7, 11) is -3.35. The summed E-state index contributed by atoms with van der Waals surface area (Å²) < 4.78 is 26.5. The molecule has 0 spiro atoms. The highest BCUT2D eigenvalue weighted by Crippen LogP contribution is 2.25. The van der Waals surface area contributed by atoms with Crippen LogP contribution in [0.2, 0.25) is 0 Å². The number of hydrogen-bond acceptors (Lipinski definition) is 5. The maximum Gasteiger partial charge on any atom is 0.315 e. The number of rotatable bonds is 8. The molecule has 3 N–H and O–H groups in total. The first-order valence-corrected chi connectivity index (χ1v) is 12.0. The molecule has 0 atom stereocenters. The van der Waals surface area contributed by atoms with Crippen molar-refractivity contribution < 1.29 is 13.2 Å². The molecule has 9 heteroatoms. The molecule has 0 bridgehead atoms. The summed E-state index contributed by atoms with van der Waals surface area (Å²) >= 11 is 1.60. The van der Waals surface area contributed by atoms with Gasteiger partial charge in [-0.05, 0) is 25.0 Å². The van der Waals surface area contributed by atoms with Gasteiger partial charge in [0.15, 0.2) is 0 Å². The van der Waals surface area contributed by atoms with Crippen LogP contribution in [0.3, 0.4) is 0 Å². The highest BCUT2D eigenvalue weighted by atomic mass is 32.2. The number of sulfonamides is 1. The van der Waals surface area contributed by atoms with Crippen molar-refractivity contribution >= 4 is 27.4 Å². The standard InChI is InChI=1S/C20H30N4O3S2/c1-14(2)24-29(26,27)13-16-8-6-15(7-9-16)10-21-19(25)22-11-17-12-28-18(23-17)20(3,4)5/h6-9,12,14,24H,10-11,13H2,1-5H3,(H2,21,22,25). The largest absolute Gasteiger partial charge is 0.334 e. The predicted molar refractivity (Wildman–Crippen MR) is 117 cm³/mol. The number of aromatic nitrogens is 1. The minimum absolute atomic E-state index is 0.00151. The minimum atomic E-state index is -3.35. The van der Waals surface area contributed by atoms with Crippen molar-refractivity contribution in [3.63, 3.8) is 0 Å². The lowest BCUT2D eigenvalue weighted by Gasteiger charge is -2.13. The Bertz CT molecular complexity index is 914. The average molecular weight is 439 g/mol. The maximum absolute atomic E-state index is 12.0. The third-order valence-electron chi connectivity index (χ3n) is 3.87. The SMILES string of the molecule is CC(C)NS(=O)(=O)Cc1ccc(CNC(=O)NCc2csc(C(C)(C)C)n2)cc1. The van der Waals surface area contributed by atoms with Crippen molar-refractivity contribution in [1.29, 1.82) is 0 Å². The van der Waals surface area contributed by atoms with Crippen LogP contribution in [0.15, 0.2) is 29.6 Å². The van der Waals surface area contributed by atoms with E-state index in [9.17, 15) is 13.2 Å². The smallest absolute Gasteiger partial charge is 0.315 e. The number of nitrogens with one attached hydrogen (secondary N) is 3. The molecule has 0 aliphatic heterocycles. The summed E-state index contributed by atoms with van der Waals surface area (Å²) in [6, 6.07) is 6.75. The molecule has 0 radical (unpaired) electrons. The Morgan fingerprint density at radius 2 is 1.66 bits per heavy atom. The molecule has 1 heterocycles. The molecular weight excluding hydrogens is 408 g/mol. The summed E-state index contributed by atoms with van der Waals surface area (Å²) in [6.07, 6.45) is 0. The molecule has 2 aromatic rings. The lowest BCUT2D eigenvalue weighted by Crippen LogP contribution is -2.34. The van der Waals surface area contributed by atoms with Crippen molar-refractivity contribution in [3.8, 4) is 0 Å². The molecule has 0 saturated carbocycles. The first-order valence-electron chi connectivity index (χ1n) is 9.49. The van der Waals surface area contributed by atoms with Gasteiger partial charge in [0, 0.05) is 23.4 Å². The number of nitrogens with zero attached hydrogens (tertiary/aromatic N) is 1. The molecule has 0 unspecified atom stereocenters. The zero-order valence-corrected chi connectivity index (χ0v) is 19.2. The second kappa shape index (κ2) is 9.69. The van der Waals surface area contributed by atoms with E-state index in [2.05, 4.69) is 41.1 Å². The van der Waals surface area contributed by atoms with Crippen LogP contribution >= 0.6 is 11.3 Å². The van der Waals surface area contributed by atoms with Crippen LogP contribution in [-0.2, 0) is 34.3 Å². The van der Waals surface area contributed by atoms with E-state index in [4.69, 9.17) is 0 Å². The summed E-state index contributed by atoms with van der Waals surface area (Å²) in [5, 5.41) is 8.60. The summed E-state index contributed by atoms with van der Waals surface area (Å²) in [6.45, 7) is 10.6. The number of carbonyl (C=O) groups excluding carboxylic acids is 1. The van der Waals surface area contributed by atoms with E-state index in [1.807, 2.05) is 17.5 Å². The molecule has 0 aliphatic rings. The second-order valence-electron chi connectivity index (χ2n) is 8.28. The monoisotopic (exact) mass is 438 g/mol. The minimum Gasteiger partial charge on any atom is -0.334 e. The van der Waals surface area contributed by atoms with Crippen molar-refractivity contribution in [1.82, 2.24) is 20.3 Å². The quantitative estimate of drug-likeness (QED) is 0.589. The zero-order valence-electron chi connectivity index (χ0n) is 17.6. The van der Waals surface area contributed by atoms with E-state index in [1.165, 1.54) is 0 Å². The molecule has 2 rings (SSSR count). The van der Waals surface area contributed by atoms with Crippen LogP contribution in [0.25, 0.3) is 0 Å². The third-order valence-corrected chi connectivity index (χ3v) is 6.73. The van der Waals surface area contributed by atoms with Crippen molar-refractivity contribution in [2.24, 2.45) is 0 Å². The number of urea groups is 1. The van der Waals surface area contributed by atoms with Crippen LogP contribution in [0, 0.1) is 0 Å². The predicted octanol–water partition coefficient (Wildman–Crippen LogP) is 3.27. The van der Waals surface area contributed by atoms with Gasteiger partial charge in [0.1, 0.15) is 0 Å². The number of thiazole rings is 1. The average Bonchev–Trinajstić information content (AvgIpc) is 3.07. The molecule has 1 aromatic carbocycles. The van der Waals surface area contributed by atoms with Gasteiger partial charge in [-0.1, -0.05) is 45.0 Å². The van der Waals surface area contributed by atoms with Crippen LogP contribution in [0.1, 0.15) is 56.4 Å². The normalized spacial score (nSPS) is 12.2. The lowest BCUT2D eigenvalue weighted by atomic mass is 9.98. The van der Waals surface area contributed by atoms with Gasteiger partial charge in [-0.15, -0.1) is 11.3 Å². The molecule has 1 aromatic heterocycles. The van der Waals surface area contributed by atoms with Crippen molar-refractivity contribution in [3.05, 3.63) is 51.5 Å². The van der Waals surface area contributed by atoms with Crippen LogP contribution < -0.4 is 15.4 Å². The highest BCUT2D eigenvalue weighted by Gasteiger charge is 2.18. The first kappa shape index (κ1) is 23.3. The van der Waals surface area contributed by atoms with E-state index in [0.717, 1.165) is 16.3 Å². The number of carbonyl (C=O) groups is 1. The number of hydrogen-bond donors (Lipinski definition) is 3. The number of amides is 2. The van der Waals surface area contributed by atoms with E-state index < -0.39 is 10.0 Å². The molecule has 7 nitrogen and oxygen atoms in total. The first-order chi connectivity index (χ1) is 13.4. The Balaban J connectivity index is 1.79. The van der Waals surface area contributed by atoms with E-state index in [-0.39, 0.29) is 23.2 Å². The van der Waals surface area contributed by atoms with Crippen molar-refractivity contribution in [2.45, 2.75) is 64.9 Å². The van der Waals surface area contributed by atoms with Gasteiger partial charge < -0.3 is 10.6 Å². The van der Waals surface area contributed by atoms with Gasteiger partial charge in [-0.25, -0.2) is 22.9 Å². The second-order valence-corrected chi connectivity index (χ2v) is 10.9. The lowest BCUT2D eigenvalue weighted by molar-refractivity contribution is 0.240. The van der Waals surface area contributed by atoms with Gasteiger partial charge in [0.25, 0.3) is 0 Å². The van der Waals surface area contributed by atoms with Crippen molar-refractivity contribution in [2.75, 3.05) is 0 Å². The topological polar surface area (TPSA) is 100 Å². The van der Waals surface area contributed by atoms with Gasteiger partial charge in [0.2, 0.25) is 10.0 Å².